The quantitative estimate of drug-likeness (QED) is 0.698. The summed E-state index contributed by atoms with van der Waals surface area (Å²) in [5.74, 6) is -0.240. The molecule has 0 saturated carbocycles. The van der Waals surface area contributed by atoms with Gasteiger partial charge in [0.05, 0.1) is 11.2 Å². The summed E-state index contributed by atoms with van der Waals surface area (Å²) in [5, 5.41) is 7.77. The molecule has 0 saturated heterocycles. The molecular weight excluding hydrogens is 236 g/mol. The second-order valence-corrected chi connectivity index (χ2v) is 3.85. The first-order valence-corrected chi connectivity index (χ1v) is 5.40. The number of nitrogens with one attached hydrogen (secondary N) is 1. The van der Waals surface area contributed by atoms with Gasteiger partial charge in [0, 0.05) is 5.39 Å². The molecule has 18 heavy (non-hydrogen) atoms. The number of fused-ring (bicyclic) bond motifs is 1. The highest BCUT2D eigenvalue weighted by atomic mass is 19.2. The summed E-state index contributed by atoms with van der Waals surface area (Å²) in [6.45, 7) is 0. The van der Waals surface area contributed by atoms with Crippen LogP contribution in [0.2, 0.25) is 0 Å². The number of aromatic nitrogens is 2. The number of benzene rings is 2. The number of halogens is 2. The Labute approximate surface area is 102 Å². The van der Waals surface area contributed by atoms with Crippen molar-refractivity contribution in [3.05, 3.63) is 54.3 Å². The van der Waals surface area contributed by atoms with Crippen LogP contribution in [0.25, 0.3) is 10.9 Å². The molecule has 2 aromatic carbocycles. The summed E-state index contributed by atoms with van der Waals surface area (Å²) in [7, 11) is 0. The lowest BCUT2D eigenvalue weighted by Gasteiger charge is -2.10. The highest BCUT2D eigenvalue weighted by molar-refractivity contribution is 5.91. The molecule has 0 atom stereocenters. The van der Waals surface area contributed by atoms with E-state index in [1.165, 1.54) is 24.3 Å². The number of hydrogen-bond acceptors (Lipinski definition) is 2. The fourth-order valence-electron chi connectivity index (χ4n) is 1.79. The standard InChI is InChI=1S/C13H9F2N3/c14-9-5-7-10(8-6-9)18(15)13-11-3-1-2-4-12(11)16-17-13/h1-8H,(H,16,17). The maximum absolute atomic E-state index is 14.2. The Bertz CT molecular complexity index is 676. The van der Waals surface area contributed by atoms with Crippen molar-refractivity contribution in [3.63, 3.8) is 0 Å². The van der Waals surface area contributed by atoms with Crippen molar-refractivity contribution in [2.24, 2.45) is 0 Å². The third-order valence-electron chi connectivity index (χ3n) is 2.69. The predicted molar refractivity (Wildman–Crippen MR) is 65.7 cm³/mol. The van der Waals surface area contributed by atoms with E-state index in [0.29, 0.717) is 10.5 Å². The first kappa shape index (κ1) is 10.7. The van der Waals surface area contributed by atoms with Gasteiger partial charge < -0.3 is 0 Å². The van der Waals surface area contributed by atoms with Gasteiger partial charge in [-0.1, -0.05) is 16.6 Å². The van der Waals surface area contributed by atoms with Gasteiger partial charge in [0.1, 0.15) is 5.82 Å². The second-order valence-electron chi connectivity index (χ2n) is 3.85. The first-order valence-electron chi connectivity index (χ1n) is 5.40. The molecule has 3 rings (SSSR count). The van der Waals surface area contributed by atoms with Crippen LogP contribution in [-0.4, -0.2) is 10.2 Å². The molecule has 0 aliphatic carbocycles. The lowest BCUT2D eigenvalue weighted by atomic mass is 10.2. The van der Waals surface area contributed by atoms with Gasteiger partial charge in [-0.3, -0.25) is 5.10 Å². The van der Waals surface area contributed by atoms with Crippen LogP contribution in [0.3, 0.4) is 0 Å². The molecule has 0 amide bonds. The van der Waals surface area contributed by atoms with Crippen LogP contribution in [0, 0.1) is 5.82 Å². The molecule has 0 spiro atoms. The van der Waals surface area contributed by atoms with E-state index in [1.807, 2.05) is 12.1 Å². The van der Waals surface area contributed by atoms with Crippen molar-refractivity contribution in [1.82, 2.24) is 10.2 Å². The second kappa shape index (κ2) is 4.10. The number of nitrogens with zero attached hydrogens (tertiary/aromatic N) is 2. The molecule has 0 aliphatic heterocycles. The highest BCUT2D eigenvalue weighted by Gasteiger charge is 2.14. The number of aromatic amines is 1. The Hall–Kier alpha value is -2.43. The van der Waals surface area contributed by atoms with Crippen LogP contribution in [0.5, 0.6) is 0 Å². The lowest BCUT2D eigenvalue weighted by molar-refractivity contribution is 0.499. The molecular formula is C13H9F2N3. The van der Waals surface area contributed by atoms with Crippen molar-refractivity contribution in [2.45, 2.75) is 0 Å². The molecule has 0 aliphatic rings. The zero-order chi connectivity index (χ0) is 12.5. The van der Waals surface area contributed by atoms with Gasteiger partial charge in [0.15, 0.2) is 5.82 Å². The maximum Gasteiger partial charge on any atom is 0.192 e. The van der Waals surface area contributed by atoms with Crippen LogP contribution in [0.4, 0.5) is 20.4 Å². The zero-order valence-electron chi connectivity index (χ0n) is 9.27. The molecule has 0 radical (unpaired) electrons. The van der Waals surface area contributed by atoms with Crippen molar-refractivity contribution >= 4 is 22.4 Å². The molecule has 1 N–H and O–H groups in total. The minimum Gasteiger partial charge on any atom is -0.276 e. The van der Waals surface area contributed by atoms with Crippen molar-refractivity contribution in [3.8, 4) is 0 Å². The average molecular weight is 245 g/mol. The SMILES string of the molecule is Fc1ccc(N(F)c2n[nH]c3ccccc23)cc1. The van der Waals surface area contributed by atoms with Gasteiger partial charge in [0.25, 0.3) is 0 Å². The topological polar surface area (TPSA) is 31.9 Å². The smallest absolute Gasteiger partial charge is 0.192 e. The number of anilines is 2. The minimum atomic E-state index is -0.404. The molecule has 5 heteroatoms. The number of rotatable bonds is 2. The molecule has 0 unspecified atom stereocenters. The van der Waals surface area contributed by atoms with E-state index in [-0.39, 0.29) is 11.5 Å². The summed E-state index contributed by atoms with van der Waals surface area (Å²) in [4.78, 5) is 0. The molecule has 0 bridgehead atoms. The third kappa shape index (κ3) is 1.69. The monoisotopic (exact) mass is 245 g/mol. The first-order chi connectivity index (χ1) is 8.75. The Kier molecular flexibility index (Phi) is 2.44. The summed E-state index contributed by atoms with van der Waals surface area (Å²) < 4.78 is 27.0. The fourth-order valence-corrected chi connectivity index (χ4v) is 1.79. The van der Waals surface area contributed by atoms with E-state index in [1.54, 1.807) is 12.1 Å². The third-order valence-corrected chi connectivity index (χ3v) is 2.69. The van der Waals surface area contributed by atoms with Crippen LogP contribution in [-0.2, 0) is 0 Å². The van der Waals surface area contributed by atoms with E-state index >= 15 is 0 Å². The van der Waals surface area contributed by atoms with Gasteiger partial charge in [-0.05, 0) is 36.4 Å². The van der Waals surface area contributed by atoms with E-state index < -0.39 is 5.82 Å². The molecule has 3 nitrogen and oxygen atoms in total. The molecule has 0 fully saturated rings. The van der Waals surface area contributed by atoms with Gasteiger partial charge in [-0.25, -0.2) is 4.39 Å². The number of H-pyrrole nitrogens is 1. The largest absolute Gasteiger partial charge is 0.276 e. The number of para-hydroxylation sites is 1. The summed E-state index contributed by atoms with van der Waals surface area (Å²) in [6, 6.07) is 12.4. The molecule has 3 aromatic rings. The van der Waals surface area contributed by atoms with Gasteiger partial charge in [-0.15, -0.1) is 0 Å². The maximum atomic E-state index is 14.2. The van der Waals surface area contributed by atoms with E-state index in [9.17, 15) is 8.87 Å². The van der Waals surface area contributed by atoms with Crippen LogP contribution < -0.4 is 5.12 Å². The molecule has 90 valence electrons. The predicted octanol–water partition coefficient (Wildman–Crippen LogP) is 3.72. The highest BCUT2D eigenvalue weighted by Crippen LogP contribution is 2.30. The lowest BCUT2D eigenvalue weighted by Crippen LogP contribution is -2.04. The minimum absolute atomic E-state index is 0.164. The van der Waals surface area contributed by atoms with Gasteiger partial charge >= 0.3 is 0 Å². The Balaban J connectivity index is 2.06. The average Bonchev–Trinajstić information content (AvgIpc) is 2.82. The van der Waals surface area contributed by atoms with Crippen molar-refractivity contribution in [1.29, 1.82) is 0 Å². The van der Waals surface area contributed by atoms with Crippen molar-refractivity contribution in [2.75, 3.05) is 5.12 Å². The van der Waals surface area contributed by atoms with Crippen molar-refractivity contribution < 1.29 is 8.87 Å². The van der Waals surface area contributed by atoms with E-state index in [2.05, 4.69) is 10.2 Å². The molecule has 1 aromatic heterocycles. The zero-order valence-corrected chi connectivity index (χ0v) is 9.27. The van der Waals surface area contributed by atoms with Crippen LogP contribution >= 0.6 is 0 Å². The van der Waals surface area contributed by atoms with E-state index in [0.717, 1.165) is 5.52 Å². The van der Waals surface area contributed by atoms with Gasteiger partial charge in [-0.2, -0.15) is 10.2 Å². The molecule has 1 heterocycles. The summed E-state index contributed by atoms with van der Waals surface area (Å²) in [5.41, 5.74) is 0.978. The Morgan fingerprint density at radius 2 is 1.72 bits per heavy atom. The Morgan fingerprint density at radius 3 is 2.50 bits per heavy atom. The van der Waals surface area contributed by atoms with Gasteiger partial charge in [0.2, 0.25) is 0 Å². The van der Waals surface area contributed by atoms with Crippen LogP contribution in [0.15, 0.2) is 48.5 Å². The summed E-state index contributed by atoms with van der Waals surface area (Å²) >= 11 is 0. The van der Waals surface area contributed by atoms with E-state index in [4.69, 9.17) is 0 Å². The summed E-state index contributed by atoms with van der Waals surface area (Å²) in [6.07, 6.45) is 0. The number of hydrogen-bond donors (Lipinski definition) is 1. The van der Waals surface area contributed by atoms with Crippen LogP contribution in [0.1, 0.15) is 0 Å². The Morgan fingerprint density at radius 1 is 1.00 bits per heavy atom. The fraction of sp³-hybridized carbons (Fsp3) is 0. The normalized spacial score (nSPS) is 10.8.